The Bertz CT molecular complexity index is 1140. The molecule has 8 heteroatoms. The molecule has 0 atom stereocenters. The van der Waals surface area contributed by atoms with E-state index in [-0.39, 0.29) is 24.0 Å². The van der Waals surface area contributed by atoms with Gasteiger partial charge in [0.2, 0.25) is 0 Å². The van der Waals surface area contributed by atoms with Crippen molar-refractivity contribution in [1.29, 1.82) is 0 Å². The normalized spacial score (nSPS) is 14.7. The molecule has 140 valence electrons. The fraction of sp³-hybridized carbons (Fsp3) is 0.211. The van der Waals surface area contributed by atoms with Gasteiger partial charge in [-0.3, -0.25) is 9.71 Å². The number of sulfonamides is 1. The summed E-state index contributed by atoms with van der Waals surface area (Å²) in [5, 5.41) is 19.8. The molecule has 1 aliphatic heterocycles. The van der Waals surface area contributed by atoms with Gasteiger partial charge in [0.05, 0.1) is 21.1 Å². The lowest BCUT2D eigenvalue weighted by atomic mass is 9.95. The maximum absolute atomic E-state index is 12.8. The smallest absolute Gasteiger partial charge is 0.262 e. The molecule has 0 spiro atoms. The van der Waals surface area contributed by atoms with Crippen LogP contribution < -0.4 is 4.72 Å². The highest BCUT2D eigenvalue weighted by atomic mass is 35.5. The number of aliphatic hydroxyl groups is 2. The molecular weight excluding hydrogens is 388 g/mol. The predicted octanol–water partition coefficient (Wildman–Crippen LogP) is 2.81. The van der Waals surface area contributed by atoms with Gasteiger partial charge in [0, 0.05) is 41.8 Å². The van der Waals surface area contributed by atoms with E-state index < -0.39 is 10.0 Å². The van der Waals surface area contributed by atoms with Crippen molar-refractivity contribution in [3.63, 3.8) is 0 Å². The number of aromatic nitrogens is 1. The predicted molar refractivity (Wildman–Crippen MR) is 104 cm³/mol. The van der Waals surface area contributed by atoms with E-state index in [1.807, 2.05) is 0 Å². The van der Waals surface area contributed by atoms with Crippen LogP contribution >= 0.6 is 11.6 Å². The molecule has 0 unspecified atom stereocenters. The van der Waals surface area contributed by atoms with Crippen LogP contribution in [-0.2, 0) is 16.4 Å². The first-order valence-electron chi connectivity index (χ1n) is 8.39. The van der Waals surface area contributed by atoms with Gasteiger partial charge in [-0.1, -0.05) is 17.7 Å². The fourth-order valence-corrected chi connectivity index (χ4v) is 4.93. The number of aliphatic hydroxyl groups excluding tert-OH is 2. The molecule has 0 amide bonds. The maximum atomic E-state index is 12.8. The van der Waals surface area contributed by atoms with Crippen LogP contribution in [0.4, 0.5) is 5.69 Å². The number of halogens is 1. The van der Waals surface area contributed by atoms with Gasteiger partial charge < -0.3 is 10.2 Å². The summed E-state index contributed by atoms with van der Waals surface area (Å²) < 4.78 is 28.1. The topological polar surface area (TPSA) is 99.5 Å². The van der Waals surface area contributed by atoms with E-state index in [2.05, 4.69) is 9.71 Å². The van der Waals surface area contributed by atoms with Crippen molar-refractivity contribution < 1.29 is 18.6 Å². The standard InChI is InChI=1S/C19H17ClN2O4S/c20-16-8-15-14-7-11(6-12(9-23)10-24)3-4-17(14)27(25,26)22-19(15)18-13(16)2-1-5-21-18/h1-5,7-8,12,22-24H,6,9-10H2. The Morgan fingerprint density at radius 2 is 1.89 bits per heavy atom. The van der Waals surface area contributed by atoms with E-state index in [9.17, 15) is 18.6 Å². The van der Waals surface area contributed by atoms with Crippen molar-refractivity contribution in [3.05, 3.63) is 53.2 Å². The van der Waals surface area contributed by atoms with Crippen molar-refractivity contribution in [3.8, 4) is 11.1 Å². The number of benzene rings is 2. The van der Waals surface area contributed by atoms with Crippen LogP contribution in [0.2, 0.25) is 5.02 Å². The summed E-state index contributed by atoms with van der Waals surface area (Å²) in [5.74, 6) is -0.303. The molecular formula is C19H17ClN2O4S. The number of pyridine rings is 1. The van der Waals surface area contributed by atoms with Crippen LogP contribution in [0.3, 0.4) is 0 Å². The Morgan fingerprint density at radius 1 is 1.11 bits per heavy atom. The van der Waals surface area contributed by atoms with Gasteiger partial charge in [0.25, 0.3) is 10.0 Å². The molecule has 0 radical (unpaired) electrons. The van der Waals surface area contributed by atoms with Gasteiger partial charge in [-0.25, -0.2) is 8.42 Å². The molecule has 6 nitrogen and oxygen atoms in total. The third kappa shape index (κ3) is 3.06. The first-order chi connectivity index (χ1) is 12.9. The number of fused-ring (bicyclic) bond motifs is 5. The van der Waals surface area contributed by atoms with Crippen LogP contribution in [0.5, 0.6) is 0 Å². The van der Waals surface area contributed by atoms with Crippen LogP contribution in [0.15, 0.2) is 47.5 Å². The number of rotatable bonds is 4. The molecule has 27 heavy (non-hydrogen) atoms. The summed E-state index contributed by atoms with van der Waals surface area (Å²) in [4.78, 5) is 4.48. The van der Waals surface area contributed by atoms with E-state index in [1.165, 1.54) is 6.07 Å². The third-order valence-corrected chi connectivity index (χ3v) is 6.46. The van der Waals surface area contributed by atoms with Crippen LogP contribution in [0.25, 0.3) is 22.0 Å². The zero-order valence-corrected chi connectivity index (χ0v) is 15.8. The second kappa shape index (κ2) is 6.76. The Balaban J connectivity index is 1.96. The van der Waals surface area contributed by atoms with Gasteiger partial charge in [-0.05, 0) is 42.3 Å². The van der Waals surface area contributed by atoms with Crippen LogP contribution in [0, 0.1) is 5.92 Å². The number of hydrogen-bond donors (Lipinski definition) is 3. The second-order valence-electron chi connectivity index (χ2n) is 6.55. The summed E-state index contributed by atoms with van der Waals surface area (Å²) in [5.41, 5.74) is 2.90. The van der Waals surface area contributed by atoms with E-state index in [4.69, 9.17) is 11.6 Å². The fourth-order valence-electron chi connectivity index (χ4n) is 3.38. The largest absolute Gasteiger partial charge is 0.396 e. The van der Waals surface area contributed by atoms with Gasteiger partial charge >= 0.3 is 0 Å². The van der Waals surface area contributed by atoms with Crippen molar-refractivity contribution in [2.45, 2.75) is 11.3 Å². The molecule has 2 heterocycles. The van der Waals surface area contributed by atoms with Gasteiger partial charge in [0.1, 0.15) is 0 Å². The van der Waals surface area contributed by atoms with Gasteiger partial charge in [0.15, 0.2) is 0 Å². The van der Waals surface area contributed by atoms with E-state index >= 15 is 0 Å². The molecule has 3 aromatic rings. The maximum Gasteiger partial charge on any atom is 0.262 e. The number of hydrogen-bond acceptors (Lipinski definition) is 5. The average molecular weight is 405 g/mol. The summed E-state index contributed by atoms with van der Waals surface area (Å²) in [6.07, 6.45) is 2.02. The Labute approximate surface area is 161 Å². The molecule has 0 saturated heterocycles. The van der Waals surface area contributed by atoms with E-state index in [0.717, 1.165) is 5.56 Å². The monoisotopic (exact) mass is 404 g/mol. The molecule has 4 rings (SSSR count). The minimum atomic E-state index is -3.75. The lowest BCUT2D eigenvalue weighted by Gasteiger charge is -2.24. The van der Waals surface area contributed by atoms with E-state index in [1.54, 1.807) is 36.5 Å². The zero-order valence-electron chi connectivity index (χ0n) is 14.2. The summed E-state index contributed by atoms with van der Waals surface area (Å²) >= 11 is 6.42. The summed E-state index contributed by atoms with van der Waals surface area (Å²) in [6, 6.07) is 10.3. The quantitative estimate of drug-likeness (QED) is 0.621. The number of nitrogens with one attached hydrogen (secondary N) is 1. The Morgan fingerprint density at radius 3 is 2.63 bits per heavy atom. The Hall–Kier alpha value is -2.19. The average Bonchev–Trinajstić information content (AvgIpc) is 2.67. The first kappa shape index (κ1) is 18.2. The highest BCUT2D eigenvalue weighted by Crippen LogP contribution is 2.45. The van der Waals surface area contributed by atoms with Crippen molar-refractivity contribution in [2.24, 2.45) is 5.92 Å². The number of anilines is 1. The second-order valence-corrected chi connectivity index (χ2v) is 8.61. The van der Waals surface area contributed by atoms with Crippen molar-refractivity contribution in [2.75, 3.05) is 17.9 Å². The molecule has 2 aromatic carbocycles. The van der Waals surface area contributed by atoms with Crippen LogP contribution in [-0.4, -0.2) is 36.8 Å². The third-order valence-electron chi connectivity index (χ3n) is 4.74. The molecule has 1 aromatic heterocycles. The molecule has 0 fully saturated rings. The zero-order chi connectivity index (χ0) is 19.2. The minimum absolute atomic E-state index is 0.148. The van der Waals surface area contributed by atoms with Gasteiger partial charge in [-0.15, -0.1) is 0 Å². The first-order valence-corrected chi connectivity index (χ1v) is 10.3. The molecule has 0 saturated carbocycles. The highest BCUT2D eigenvalue weighted by Gasteiger charge is 2.30. The van der Waals surface area contributed by atoms with Crippen molar-refractivity contribution >= 4 is 38.2 Å². The van der Waals surface area contributed by atoms with E-state index in [0.29, 0.717) is 39.2 Å². The van der Waals surface area contributed by atoms with Crippen LogP contribution in [0.1, 0.15) is 5.56 Å². The molecule has 3 N–H and O–H groups in total. The lowest BCUT2D eigenvalue weighted by Crippen LogP contribution is -2.20. The number of nitrogens with zero attached hydrogens (tertiary/aromatic N) is 1. The SMILES string of the molecule is O=S1(=O)Nc2c(cc(Cl)c3cccnc23)-c2cc(CC(CO)CO)ccc21. The van der Waals surface area contributed by atoms with Crippen molar-refractivity contribution in [1.82, 2.24) is 4.98 Å². The highest BCUT2D eigenvalue weighted by molar-refractivity contribution is 7.93. The Kier molecular flexibility index (Phi) is 4.55. The summed E-state index contributed by atoms with van der Waals surface area (Å²) in [7, 11) is -3.75. The lowest BCUT2D eigenvalue weighted by molar-refractivity contribution is 0.150. The summed E-state index contributed by atoms with van der Waals surface area (Å²) in [6.45, 7) is -0.297. The molecule has 1 aliphatic rings. The molecule has 0 aliphatic carbocycles. The van der Waals surface area contributed by atoms with Gasteiger partial charge in [-0.2, -0.15) is 0 Å². The molecule has 0 bridgehead atoms. The minimum Gasteiger partial charge on any atom is -0.396 e.